The van der Waals surface area contributed by atoms with Crippen LogP contribution in [0.1, 0.15) is 55.5 Å². The molecule has 0 heterocycles. The molecule has 0 unspecified atom stereocenters. The molecule has 2 aliphatic rings. The normalized spacial score (nSPS) is 13.5. The second-order valence-electron chi connectivity index (χ2n) is 18.4. The number of ether oxygens (including phenoxy) is 2. The van der Waals surface area contributed by atoms with Gasteiger partial charge in [0.25, 0.3) is 0 Å². The fraction of sp³-hybridized carbons (Fsp3) is 0.115. The van der Waals surface area contributed by atoms with Crippen LogP contribution in [0.15, 0.2) is 211 Å². The summed E-state index contributed by atoms with van der Waals surface area (Å²) < 4.78 is 14.3. The van der Waals surface area contributed by atoms with E-state index in [4.69, 9.17) is 9.47 Å². The number of para-hydroxylation sites is 4. The number of rotatable bonds is 10. The van der Waals surface area contributed by atoms with E-state index in [1.165, 1.54) is 44.5 Å². The molecule has 0 saturated carbocycles. The molecular weight excluding hydrogens is 873 g/mol. The predicted octanol–water partition coefficient (Wildman–Crippen LogP) is 17.9. The average molecular weight is 922 g/mol. The lowest BCUT2D eigenvalue weighted by atomic mass is 9.82. The molecule has 0 spiro atoms. The minimum atomic E-state index is -0.207. The molecule has 2 aliphatic carbocycles. The first-order chi connectivity index (χ1) is 32.0. The first-order valence-corrected chi connectivity index (χ1v) is 23.4. The van der Waals surface area contributed by atoms with Crippen molar-refractivity contribution >= 4 is 50.1 Å². The maximum atomic E-state index is 6.76. The van der Waals surface area contributed by atoms with Crippen molar-refractivity contribution in [1.29, 1.82) is 0 Å². The van der Waals surface area contributed by atoms with Crippen molar-refractivity contribution < 1.29 is 9.47 Å². The summed E-state index contributed by atoms with van der Waals surface area (Å²) in [6.45, 7) is 11.4. The van der Waals surface area contributed by atoms with E-state index < -0.39 is 0 Å². The summed E-state index contributed by atoms with van der Waals surface area (Å²) in [4.78, 5) is 4.65. The quantitative estimate of drug-likeness (QED) is 0.136. The number of fused-ring (bicyclic) bond motifs is 6. The molecule has 9 aromatic rings. The number of halogens is 1. The van der Waals surface area contributed by atoms with Crippen LogP contribution in [-0.4, -0.2) is 0 Å². The third-order valence-corrected chi connectivity index (χ3v) is 14.2. The van der Waals surface area contributed by atoms with Crippen LogP contribution < -0.4 is 19.3 Å². The fourth-order valence-corrected chi connectivity index (χ4v) is 10.5. The summed E-state index contributed by atoms with van der Waals surface area (Å²) in [5, 5.41) is 0. The van der Waals surface area contributed by atoms with Gasteiger partial charge in [-0.15, -0.1) is 0 Å². The van der Waals surface area contributed by atoms with Gasteiger partial charge in [-0.25, -0.2) is 0 Å². The second kappa shape index (κ2) is 16.3. The van der Waals surface area contributed by atoms with Gasteiger partial charge in [-0.3, -0.25) is 0 Å². The highest BCUT2D eigenvalue weighted by Crippen LogP contribution is 2.54. The van der Waals surface area contributed by atoms with Crippen molar-refractivity contribution in [3.8, 4) is 45.3 Å². The van der Waals surface area contributed by atoms with Crippen molar-refractivity contribution in [2.45, 2.75) is 45.4 Å². The van der Waals surface area contributed by atoms with Gasteiger partial charge in [-0.05, 0) is 182 Å². The molecule has 11 rings (SSSR count). The third kappa shape index (κ3) is 7.15. The molecule has 0 aliphatic heterocycles. The Kier molecular flexibility index (Phi) is 10.2. The van der Waals surface area contributed by atoms with E-state index in [1.807, 2.05) is 0 Å². The summed E-state index contributed by atoms with van der Waals surface area (Å²) >= 11 is 3.90. The molecule has 0 bridgehead atoms. The highest BCUT2D eigenvalue weighted by molar-refractivity contribution is 9.10. The lowest BCUT2D eigenvalue weighted by Gasteiger charge is -2.28. The number of nitrogens with zero attached hydrogens (tertiary/aromatic N) is 2. The van der Waals surface area contributed by atoms with Gasteiger partial charge in [-0.1, -0.05) is 125 Å². The Labute approximate surface area is 396 Å². The minimum absolute atomic E-state index is 0.207. The molecule has 9 aromatic carbocycles. The van der Waals surface area contributed by atoms with Gasteiger partial charge < -0.3 is 19.3 Å². The molecule has 0 N–H and O–H groups in total. The lowest BCUT2D eigenvalue weighted by Crippen LogP contribution is -2.16. The van der Waals surface area contributed by atoms with Crippen LogP contribution in [0.2, 0.25) is 0 Å². The topological polar surface area (TPSA) is 24.9 Å². The van der Waals surface area contributed by atoms with E-state index in [9.17, 15) is 0 Å². The summed E-state index contributed by atoms with van der Waals surface area (Å²) in [6.07, 6.45) is 0. The zero-order valence-corrected chi connectivity index (χ0v) is 39.3. The first-order valence-electron chi connectivity index (χ1n) is 22.6. The van der Waals surface area contributed by atoms with Crippen molar-refractivity contribution in [3.63, 3.8) is 0 Å². The summed E-state index contributed by atoms with van der Waals surface area (Å²) in [6, 6.07) is 73.2. The zero-order valence-electron chi connectivity index (χ0n) is 37.7. The average Bonchev–Trinajstić information content (AvgIpc) is 3.70. The van der Waals surface area contributed by atoms with Gasteiger partial charge in [0.2, 0.25) is 0 Å². The van der Waals surface area contributed by atoms with Gasteiger partial charge in [0.15, 0.2) is 0 Å². The van der Waals surface area contributed by atoms with Crippen LogP contribution in [0.25, 0.3) is 22.3 Å². The Hall–Kier alpha value is -7.34. The molecule has 0 fully saturated rings. The molecule has 5 heteroatoms. The smallest absolute Gasteiger partial charge is 0.145 e. The van der Waals surface area contributed by atoms with Crippen molar-refractivity contribution in [1.82, 2.24) is 0 Å². The van der Waals surface area contributed by atoms with E-state index in [0.717, 1.165) is 55.7 Å². The minimum Gasteiger partial charge on any atom is -0.456 e. The van der Waals surface area contributed by atoms with Gasteiger partial charge >= 0.3 is 0 Å². The maximum absolute atomic E-state index is 6.76. The monoisotopic (exact) mass is 920 g/mol. The van der Waals surface area contributed by atoms with Crippen LogP contribution in [0.4, 0.5) is 34.1 Å². The van der Waals surface area contributed by atoms with E-state index >= 15 is 0 Å². The van der Waals surface area contributed by atoms with Crippen LogP contribution in [0, 0.1) is 6.92 Å². The Balaban J connectivity index is 0.883. The lowest BCUT2D eigenvalue weighted by molar-refractivity contribution is 0.454. The standard InChI is InChI=1S/C61H49BrN2O2/c1-40-34-57(65-47-28-32-53-51(38-47)49-30-26-45(36-55(49)60(53,2)3)63(41-18-10-6-11-19-41)42-20-12-7-13-21-42)59(62)58(35-40)66-48-29-33-54-52(39-48)50-31-27-46(37-56(50)61(54,4)5)64(43-22-14-8-15-23-43)44-24-16-9-17-25-44/h6-39H,1-5H3. The number of hydrogen-bond acceptors (Lipinski definition) is 4. The van der Waals surface area contributed by atoms with E-state index in [-0.39, 0.29) is 10.8 Å². The Bertz CT molecular complexity index is 2980. The fourth-order valence-electron chi connectivity index (χ4n) is 10.2. The van der Waals surface area contributed by atoms with Crippen LogP contribution in [0.5, 0.6) is 23.0 Å². The van der Waals surface area contributed by atoms with Crippen molar-refractivity contribution in [2.24, 2.45) is 0 Å². The number of benzene rings is 9. The number of hydrogen-bond donors (Lipinski definition) is 0. The zero-order chi connectivity index (χ0) is 45.2. The Morgan fingerprint density at radius 1 is 0.348 bits per heavy atom. The highest BCUT2D eigenvalue weighted by atomic mass is 79.9. The largest absolute Gasteiger partial charge is 0.456 e. The molecule has 4 nitrogen and oxygen atoms in total. The van der Waals surface area contributed by atoms with E-state index in [0.29, 0.717) is 11.5 Å². The Morgan fingerprint density at radius 3 is 1.05 bits per heavy atom. The molecule has 0 aromatic heterocycles. The summed E-state index contributed by atoms with van der Waals surface area (Å²) in [7, 11) is 0. The predicted molar refractivity (Wildman–Crippen MR) is 276 cm³/mol. The molecule has 0 radical (unpaired) electrons. The molecule has 0 saturated heterocycles. The van der Waals surface area contributed by atoms with E-state index in [1.54, 1.807) is 0 Å². The molecule has 322 valence electrons. The van der Waals surface area contributed by atoms with Crippen LogP contribution in [0.3, 0.4) is 0 Å². The van der Waals surface area contributed by atoms with Gasteiger partial charge in [-0.2, -0.15) is 0 Å². The van der Waals surface area contributed by atoms with Crippen molar-refractivity contribution in [2.75, 3.05) is 9.80 Å². The molecule has 0 amide bonds. The third-order valence-electron chi connectivity index (χ3n) is 13.4. The van der Waals surface area contributed by atoms with Crippen LogP contribution >= 0.6 is 15.9 Å². The van der Waals surface area contributed by atoms with Gasteiger partial charge in [0.05, 0.1) is 0 Å². The van der Waals surface area contributed by atoms with Crippen LogP contribution in [-0.2, 0) is 10.8 Å². The van der Waals surface area contributed by atoms with E-state index in [2.05, 4.69) is 267 Å². The maximum Gasteiger partial charge on any atom is 0.145 e. The van der Waals surface area contributed by atoms with Gasteiger partial charge in [0, 0.05) is 45.0 Å². The second-order valence-corrected chi connectivity index (χ2v) is 19.2. The number of anilines is 6. The SMILES string of the molecule is Cc1cc(Oc2ccc3c(c2)-c2ccc(N(c4ccccc4)c4ccccc4)cc2C3(C)C)c(Br)c(Oc2ccc3c(c2)-c2ccc(N(c4ccccc4)c4ccccc4)cc2C3(C)C)c1. The molecular formula is C61H49BrN2O2. The molecule has 0 atom stereocenters. The van der Waals surface area contributed by atoms with Crippen molar-refractivity contribution in [3.05, 3.63) is 239 Å². The molecule has 66 heavy (non-hydrogen) atoms. The Morgan fingerprint density at radius 2 is 0.697 bits per heavy atom. The highest BCUT2D eigenvalue weighted by Gasteiger charge is 2.38. The summed E-state index contributed by atoms with van der Waals surface area (Å²) in [5.41, 5.74) is 17.3. The summed E-state index contributed by atoms with van der Waals surface area (Å²) in [5.74, 6) is 2.92. The van der Waals surface area contributed by atoms with Gasteiger partial charge in [0.1, 0.15) is 27.5 Å². The first kappa shape index (κ1) is 41.4. The number of aryl methyl sites for hydroxylation is 1.